The van der Waals surface area contributed by atoms with E-state index in [-0.39, 0.29) is 36.0 Å². The number of nitrogens with zero attached hydrogens (tertiary/aromatic N) is 2. The number of hydrogen-bond acceptors (Lipinski definition) is 7. The van der Waals surface area contributed by atoms with Crippen molar-refractivity contribution in [1.29, 1.82) is 0 Å². The van der Waals surface area contributed by atoms with Crippen molar-refractivity contribution < 1.29 is 55.4 Å². The standard InChI is InChI=1S/C42H33F6N3O6/c1-21-11-13-25(14-12-21)49-51-37(54)31-20-30-27(34(29-9-6-10-32(57-2)35(29)52)40(31,39(51)56)22-7-4-3-5-8-22)15-16-28-33(30)38(55)50(36(28)53)26-18-23(41(43,44)45)17-24(19-26)42(46,47)48/h3-15,17-19,28,30-31,33-34,49,52H,16,20H2,1-2H3. The molecule has 4 aromatic carbocycles. The number of amides is 4. The molecule has 15 heteroatoms. The smallest absolute Gasteiger partial charge is 0.416 e. The highest BCUT2D eigenvalue weighted by atomic mass is 19.4. The van der Waals surface area contributed by atoms with Gasteiger partial charge < -0.3 is 9.84 Å². The summed E-state index contributed by atoms with van der Waals surface area (Å²) in [5, 5.41) is 12.7. The Morgan fingerprint density at radius 1 is 0.789 bits per heavy atom. The Hall–Kier alpha value is -6.12. The number of anilines is 2. The van der Waals surface area contributed by atoms with E-state index in [0.717, 1.165) is 10.6 Å². The summed E-state index contributed by atoms with van der Waals surface area (Å²) in [5.41, 5.74) is -0.791. The largest absolute Gasteiger partial charge is 0.504 e. The molecule has 2 N–H and O–H groups in total. The number of imide groups is 2. The van der Waals surface area contributed by atoms with Gasteiger partial charge in [-0.3, -0.25) is 24.6 Å². The number of phenolic OH excluding ortho intramolecular Hbond substituents is 1. The Balaban J connectivity index is 1.31. The molecule has 0 spiro atoms. The molecule has 57 heavy (non-hydrogen) atoms. The molecule has 294 valence electrons. The topological polar surface area (TPSA) is 116 Å². The molecule has 3 fully saturated rings. The monoisotopic (exact) mass is 789 g/mol. The maximum atomic E-state index is 15.3. The summed E-state index contributed by atoms with van der Waals surface area (Å²) in [5.74, 6) is -9.70. The number of hydrogen-bond donors (Lipinski definition) is 2. The van der Waals surface area contributed by atoms with Crippen LogP contribution in [0.25, 0.3) is 0 Å². The van der Waals surface area contributed by atoms with E-state index in [9.17, 15) is 45.8 Å². The average Bonchev–Trinajstić information content (AvgIpc) is 3.56. The zero-order valence-corrected chi connectivity index (χ0v) is 30.2. The number of alkyl halides is 6. The number of para-hydroxylation sites is 1. The SMILES string of the molecule is COc1cccc(C2C3=CCC4C(=O)N(c5cc(C(F)(F)F)cc(C(F)(F)F)c5)C(=O)C4C3CC3C(=O)N(Nc4ccc(C)cc4)C(=O)C32c2ccccc2)c1O. The first-order valence-electron chi connectivity index (χ1n) is 18.0. The van der Waals surface area contributed by atoms with Gasteiger partial charge in [0.25, 0.3) is 11.8 Å². The lowest BCUT2D eigenvalue weighted by molar-refractivity contribution is -0.143. The van der Waals surface area contributed by atoms with Gasteiger partial charge in [-0.25, -0.2) is 4.90 Å². The van der Waals surface area contributed by atoms with Gasteiger partial charge in [-0.2, -0.15) is 31.4 Å². The van der Waals surface area contributed by atoms with Gasteiger partial charge in [-0.1, -0.05) is 71.8 Å². The predicted molar refractivity (Wildman–Crippen MR) is 192 cm³/mol. The Labute approximate surface area is 321 Å². The van der Waals surface area contributed by atoms with E-state index in [0.29, 0.717) is 33.9 Å². The Kier molecular flexibility index (Phi) is 8.78. The Morgan fingerprint density at radius 3 is 2.05 bits per heavy atom. The van der Waals surface area contributed by atoms with Crippen LogP contribution in [0.15, 0.2) is 103 Å². The lowest BCUT2D eigenvalue weighted by Crippen LogP contribution is -2.53. The summed E-state index contributed by atoms with van der Waals surface area (Å²) in [6, 6.07) is 20.6. The second-order valence-corrected chi connectivity index (χ2v) is 14.8. The molecule has 4 amide bonds. The summed E-state index contributed by atoms with van der Waals surface area (Å²) in [4.78, 5) is 59.0. The summed E-state index contributed by atoms with van der Waals surface area (Å²) in [6.45, 7) is 1.86. The van der Waals surface area contributed by atoms with E-state index >= 15 is 4.79 Å². The molecule has 2 aliphatic carbocycles. The molecule has 0 radical (unpaired) electrons. The molecule has 2 saturated heterocycles. The van der Waals surface area contributed by atoms with Crippen LogP contribution in [0.5, 0.6) is 11.5 Å². The number of methoxy groups -OCH3 is 1. The third kappa shape index (κ3) is 5.76. The molecule has 4 aliphatic rings. The minimum absolute atomic E-state index is 0.0402. The number of halogens is 6. The molecular weight excluding hydrogens is 756 g/mol. The summed E-state index contributed by atoms with van der Waals surface area (Å²) < 4.78 is 89.0. The third-order valence-corrected chi connectivity index (χ3v) is 11.8. The van der Waals surface area contributed by atoms with Crippen LogP contribution >= 0.6 is 0 Å². The number of nitrogens with one attached hydrogen (secondary N) is 1. The van der Waals surface area contributed by atoms with E-state index < -0.39 is 87.8 Å². The van der Waals surface area contributed by atoms with Crippen LogP contribution in [-0.2, 0) is 36.9 Å². The molecule has 4 aromatic rings. The highest BCUT2D eigenvalue weighted by molar-refractivity contribution is 6.22. The first kappa shape index (κ1) is 37.8. The lowest BCUT2D eigenvalue weighted by Gasteiger charge is -2.50. The first-order chi connectivity index (χ1) is 27.0. The number of carbonyl (C=O) groups excluding carboxylic acids is 4. The number of fused-ring (bicyclic) bond motifs is 4. The quantitative estimate of drug-likeness (QED) is 0.116. The van der Waals surface area contributed by atoms with Crippen LogP contribution in [-0.4, -0.2) is 40.9 Å². The van der Waals surface area contributed by atoms with Crippen molar-refractivity contribution in [1.82, 2.24) is 5.01 Å². The maximum absolute atomic E-state index is 15.3. The zero-order chi connectivity index (χ0) is 40.8. The van der Waals surface area contributed by atoms with Gasteiger partial charge >= 0.3 is 12.4 Å². The van der Waals surface area contributed by atoms with E-state index in [1.165, 1.54) is 13.2 Å². The van der Waals surface area contributed by atoms with Gasteiger partial charge in [0.1, 0.15) is 0 Å². The summed E-state index contributed by atoms with van der Waals surface area (Å²) >= 11 is 0. The van der Waals surface area contributed by atoms with Crippen molar-refractivity contribution in [2.75, 3.05) is 17.4 Å². The number of aromatic hydroxyl groups is 1. The first-order valence-corrected chi connectivity index (χ1v) is 18.0. The minimum Gasteiger partial charge on any atom is -0.504 e. The van der Waals surface area contributed by atoms with Gasteiger partial charge in [-0.05, 0) is 67.6 Å². The molecule has 8 rings (SSSR count). The summed E-state index contributed by atoms with van der Waals surface area (Å²) in [6.07, 6.45) is -9.22. The number of allylic oxidation sites excluding steroid dienone is 2. The zero-order valence-electron chi connectivity index (χ0n) is 30.2. The lowest BCUT2D eigenvalue weighted by atomic mass is 9.49. The van der Waals surface area contributed by atoms with E-state index in [4.69, 9.17) is 4.74 Å². The normalized spacial score (nSPS) is 25.9. The van der Waals surface area contributed by atoms with Crippen molar-refractivity contribution in [3.05, 3.63) is 130 Å². The Bertz CT molecular complexity index is 2330. The number of rotatable bonds is 6. The fourth-order valence-electron chi connectivity index (χ4n) is 9.35. The number of phenols is 1. The van der Waals surface area contributed by atoms with Crippen molar-refractivity contribution in [3.63, 3.8) is 0 Å². The highest BCUT2D eigenvalue weighted by Gasteiger charge is 2.70. The van der Waals surface area contributed by atoms with Gasteiger partial charge in [0.2, 0.25) is 11.8 Å². The molecule has 1 saturated carbocycles. The van der Waals surface area contributed by atoms with Crippen molar-refractivity contribution in [2.24, 2.45) is 23.7 Å². The van der Waals surface area contributed by atoms with Gasteiger partial charge in [0.05, 0.1) is 52.8 Å². The van der Waals surface area contributed by atoms with Crippen LogP contribution in [0.1, 0.15) is 46.6 Å². The van der Waals surface area contributed by atoms with Crippen LogP contribution < -0.4 is 15.1 Å². The number of aryl methyl sites for hydroxylation is 1. The second-order valence-electron chi connectivity index (χ2n) is 14.8. The molecule has 9 nitrogen and oxygen atoms in total. The van der Waals surface area contributed by atoms with Crippen molar-refractivity contribution >= 4 is 35.0 Å². The molecule has 0 bridgehead atoms. The Morgan fingerprint density at radius 2 is 1.44 bits per heavy atom. The molecule has 6 atom stereocenters. The molecular formula is C42H33F6N3O6. The van der Waals surface area contributed by atoms with Crippen LogP contribution in [0.3, 0.4) is 0 Å². The number of hydrazine groups is 1. The number of carbonyl (C=O) groups is 4. The molecule has 2 aliphatic heterocycles. The fourth-order valence-corrected chi connectivity index (χ4v) is 9.35. The van der Waals surface area contributed by atoms with Crippen molar-refractivity contribution in [3.8, 4) is 11.5 Å². The van der Waals surface area contributed by atoms with Gasteiger partial charge in [0, 0.05) is 11.5 Å². The van der Waals surface area contributed by atoms with Crippen molar-refractivity contribution in [2.45, 2.75) is 43.5 Å². The van der Waals surface area contributed by atoms with Crippen LogP contribution in [0.2, 0.25) is 0 Å². The molecule has 0 aromatic heterocycles. The van der Waals surface area contributed by atoms with Crippen LogP contribution in [0.4, 0.5) is 37.7 Å². The average molecular weight is 790 g/mol. The van der Waals surface area contributed by atoms with E-state index in [1.54, 1.807) is 72.8 Å². The highest BCUT2D eigenvalue weighted by Crippen LogP contribution is 2.65. The number of ether oxygens (including phenoxy) is 1. The fraction of sp³-hybridized carbons (Fsp3) is 0.286. The summed E-state index contributed by atoms with van der Waals surface area (Å²) in [7, 11) is 1.33. The predicted octanol–water partition coefficient (Wildman–Crippen LogP) is 7.94. The third-order valence-electron chi connectivity index (χ3n) is 11.8. The minimum atomic E-state index is -5.24. The second kappa shape index (κ2) is 13.2. The van der Waals surface area contributed by atoms with Gasteiger partial charge in [0.15, 0.2) is 11.5 Å². The van der Waals surface area contributed by atoms with Gasteiger partial charge in [-0.15, -0.1) is 0 Å². The number of benzene rings is 4. The molecule has 2 heterocycles. The molecule has 6 unspecified atom stereocenters. The van der Waals surface area contributed by atoms with E-state index in [1.807, 2.05) is 6.92 Å². The maximum Gasteiger partial charge on any atom is 0.416 e. The van der Waals surface area contributed by atoms with Crippen LogP contribution in [0, 0.1) is 30.6 Å². The van der Waals surface area contributed by atoms with E-state index in [2.05, 4.69) is 5.43 Å².